The van der Waals surface area contributed by atoms with Crippen LogP contribution in [0.2, 0.25) is 0 Å². The van der Waals surface area contributed by atoms with Crippen molar-refractivity contribution >= 4 is 27.8 Å². The molecular weight excluding hydrogens is 324 g/mol. The number of nitrogens with zero attached hydrogens (tertiary/aromatic N) is 4. The van der Waals surface area contributed by atoms with Crippen LogP contribution in [0, 0.1) is 0 Å². The Morgan fingerprint density at radius 1 is 1.27 bits per heavy atom. The number of anilines is 1. The van der Waals surface area contributed by atoms with Crippen LogP contribution in [0.4, 0.5) is 5.82 Å². The third-order valence-electron chi connectivity index (χ3n) is 5.18. The Kier molecular flexibility index (Phi) is 3.33. The van der Waals surface area contributed by atoms with Gasteiger partial charge in [-0.05, 0) is 12.1 Å². The Morgan fingerprint density at radius 3 is 2.92 bits per heavy atom. The number of H-pyrrole nitrogens is 1. The zero-order chi connectivity index (χ0) is 17.7. The molecule has 0 amide bonds. The lowest BCUT2D eigenvalue weighted by Crippen LogP contribution is -2.47. The molecule has 1 aromatic carbocycles. The SMILES string of the molecule is C=CCN1CC(n2cc(-c3cc4ccccc4[nH]3)c3c(N)ncnc32)C1. The lowest BCUT2D eigenvalue weighted by Gasteiger charge is -2.39. The normalized spacial score (nSPS) is 15.5. The topological polar surface area (TPSA) is 75.8 Å². The van der Waals surface area contributed by atoms with Gasteiger partial charge in [-0.25, -0.2) is 9.97 Å². The fourth-order valence-electron chi connectivity index (χ4n) is 3.86. The van der Waals surface area contributed by atoms with E-state index in [1.165, 1.54) is 5.39 Å². The van der Waals surface area contributed by atoms with Gasteiger partial charge in [-0.1, -0.05) is 24.3 Å². The summed E-state index contributed by atoms with van der Waals surface area (Å²) < 4.78 is 2.24. The van der Waals surface area contributed by atoms with Crippen molar-refractivity contribution in [1.82, 2.24) is 24.4 Å². The van der Waals surface area contributed by atoms with Crippen molar-refractivity contribution < 1.29 is 0 Å². The average Bonchev–Trinajstić information content (AvgIpc) is 3.20. The first-order valence-corrected chi connectivity index (χ1v) is 8.77. The third kappa shape index (κ3) is 2.23. The van der Waals surface area contributed by atoms with Gasteiger partial charge in [0.1, 0.15) is 17.8 Å². The molecule has 0 spiro atoms. The van der Waals surface area contributed by atoms with E-state index < -0.39 is 0 Å². The molecule has 0 radical (unpaired) electrons. The minimum absolute atomic E-state index is 0.393. The van der Waals surface area contributed by atoms with Crippen molar-refractivity contribution in [2.24, 2.45) is 0 Å². The van der Waals surface area contributed by atoms with Crippen molar-refractivity contribution in [3.05, 3.63) is 55.5 Å². The summed E-state index contributed by atoms with van der Waals surface area (Å²) in [5.41, 5.74) is 10.3. The van der Waals surface area contributed by atoms with Gasteiger partial charge in [-0.15, -0.1) is 6.58 Å². The highest BCUT2D eigenvalue weighted by Crippen LogP contribution is 2.36. The number of benzene rings is 1. The number of likely N-dealkylation sites (tertiary alicyclic amines) is 1. The Morgan fingerprint density at radius 2 is 2.12 bits per heavy atom. The fraction of sp³-hybridized carbons (Fsp3) is 0.200. The first-order chi connectivity index (χ1) is 12.7. The highest BCUT2D eigenvalue weighted by atomic mass is 15.3. The van der Waals surface area contributed by atoms with Crippen molar-refractivity contribution in [3.63, 3.8) is 0 Å². The minimum Gasteiger partial charge on any atom is -0.383 e. The maximum Gasteiger partial charge on any atom is 0.146 e. The molecule has 1 aliphatic rings. The molecule has 26 heavy (non-hydrogen) atoms. The number of hydrogen-bond donors (Lipinski definition) is 2. The molecule has 1 saturated heterocycles. The third-order valence-corrected chi connectivity index (χ3v) is 5.18. The molecule has 1 fully saturated rings. The molecule has 0 atom stereocenters. The predicted octanol–water partition coefficient (Wildman–Crippen LogP) is 3.20. The molecule has 0 aliphatic carbocycles. The molecule has 130 valence electrons. The van der Waals surface area contributed by atoms with E-state index in [0.717, 1.165) is 47.4 Å². The maximum atomic E-state index is 6.23. The lowest BCUT2D eigenvalue weighted by molar-refractivity contribution is 0.125. The second-order valence-corrected chi connectivity index (χ2v) is 6.84. The Hall–Kier alpha value is -3.12. The number of rotatable bonds is 4. The average molecular weight is 344 g/mol. The summed E-state index contributed by atoms with van der Waals surface area (Å²) in [7, 11) is 0. The van der Waals surface area contributed by atoms with E-state index in [-0.39, 0.29) is 0 Å². The van der Waals surface area contributed by atoms with Crippen LogP contribution < -0.4 is 5.73 Å². The summed E-state index contributed by atoms with van der Waals surface area (Å²) in [5.74, 6) is 0.518. The number of aromatic amines is 1. The summed E-state index contributed by atoms with van der Waals surface area (Å²) in [6.07, 6.45) is 5.65. The first kappa shape index (κ1) is 15.2. The van der Waals surface area contributed by atoms with Crippen LogP contribution in [0.25, 0.3) is 33.2 Å². The standard InChI is InChI=1S/C20H20N6/c1-2-7-25-9-14(10-25)26-11-15(18-19(21)22-12-23-20(18)26)17-8-13-5-3-4-6-16(13)24-17/h2-6,8,11-12,14,24H,1,7,9-10H2,(H2,21,22,23). The monoisotopic (exact) mass is 344 g/mol. The predicted molar refractivity (Wildman–Crippen MR) is 105 cm³/mol. The lowest BCUT2D eigenvalue weighted by atomic mass is 10.1. The van der Waals surface area contributed by atoms with Crippen molar-refractivity contribution in [3.8, 4) is 11.3 Å². The van der Waals surface area contributed by atoms with Gasteiger partial charge in [0.05, 0.1) is 11.4 Å². The van der Waals surface area contributed by atoms with Crippen LogP contribution in [-0.2, 0) is 0 Å². The molecule has 5 rings (SSSR count). The van der Waals surface area contributed by atoms with Crippen molar-refractivity contribution in [2.45, 2.75) is 6.04 Å². The fourth-order valence-corrected chi connectivity index (χ4v) is 3.86. The quantitative estimate of drug-likeness (QED) is 0.558. The van der Waals surface area contributed by atoms with Crippen LogP contribution in [0.5, 0.6) is 0 Å². The van der Waals surface area contributed by atoms with Gasteiger partial charge >= 0.3 is 0 Å². The van der Waals surface area contributed by atoms with Gasteiger partial charge in [0, 0.05) is 48.0 Å². The molecular formula is C20H20N6. The molecule has 6 heteroatoms. The van der Waals surface area contributed by atoms with E-state index in [0.29, 0.717) is 11.9 Å². The molecule has 4 heterocycles. The molecule has 0 bridgehead atoms. The van der Waals surface area contributed by atoms with Gasteiger partial charge in [-0.3, -0.25) is 4.90 Å². The van der Waals surface area contributed by atoms with E-state index in [4.69, 9.17) is 5.73 Å². The zero-order valence-electron chi connectivity index (χ0n) is 14.4. The Bertz CT molecular complexity index is 1080. The number of aromatic nitrogens is 4. The number of fused-ring (bicyclic) bond motifs is 2. The summed E-state index contributed by atoms with van der Waals surface area (Å²) in [6.45, 7) is 6.72. The van der Waals surface area contributed by atoms with Crippen molar-refractivity contribution in [1.29, 1.82) is 0 Å². The Balaban J connectivity index is 1.65. The molecule has 6 nitrogen and oxygen atoms in total. The highest BCUT2D eigenvalue weighted by molar-refractivity contribution is 6.02. The molecule has 3 N–H and O–H groups in total. The van der Waals surface area contributed by atoms with Crippen LogP contribution in [0.3, 0.4) is 0 Å². The van der Waals surface area contributed by atoms with Gasteiger partial charge in [-0.2, -0.15) is 0 Å². The van der Waals surface area contributed by atoms with E-state index in [1.807, 2.05) is 18.2 Å². The number of hydrogen-bond acceptors (Lipinski definition) is 4. The molecule has 0 saturated carbocycles. The smallest absolute Gasteiger partial charge is 0.146 e. The van der Waals surface area contributed by atoms with Crippen LogP contribution in [0.1, 0.15) is 6.04 Å². The van der Waals surface area contributed by atoms with E-state index in [1.54, 1.807) is 6.33 Å². The summed E-state index contributed by atoms with van der Waals surface area (Å²) in [6, 6.07) is 10.8. The van der Waals surface area contributed by atoms with Crippen LogP contribution >= 0.6 is 0 Å². The van der Waals surface area contributed by atoms with Crippen molar-refractivity contribution in [2.75, 3.05) is 25.4 Å². The zero-order valence-corrected chi connectivity index (χ0v) is 14.4. The number of nitrogens with one attached hydrogen (secondary N) is 1. The van der Waals surface area contributed by atoms with Gasteiger partial charge in [0.2, 0.25) is 0 Å². The molecule has 3 aromatic heterocycles. The largest absolute Gasteiger partial charge is 0.383 e. The summed E-state index contributed by atoms with van der Waals surface area (Å²) >= 11 is 0. The van der Waals surface area contributed by atoms with Gasteiger partial charge in [0.15, 0.2) is 0 Å². The number of nitrogen functional groups attached to an aromatic ring is 1. The second kappa shape index (κ2) is 5.71. The minimum atomic E-state index is 0.393. The summed E-state index contributed by atoms with van der Waals surface area (Å²) in [5, 5.41) is 2.10. The molecule has 1 aliphatic heterocycles. The molecule has 0 unspecified atom stereocenters. The number of para-hydroxylation sites is 1. The molecule has 4 aromatic rings. The van der Waals surface area contributed by atoms with E-state index >= 15 is 0 Å². The van der Waals surface area contributed by atoms with E-state index in [2.05, 4.69) is 55.4 Å². The van der Waals surface area contributed by atoms with Gasteiger partial charge < -0.3 is 15.3 Å². The van der Waals surface area contributed by atoms with E-state index in [9.17, 15) is 0 Å². The second-order valence-electron chi connectivity index (χ2n) is 6.84. The van der Waals surface area contributed by atoms with Gasteiger partial charge in [0.25, 0.3) is 0 Å². The maximum absolute atomic E-state index is 6.23. The first-order valence-electron chi connectivity index (χ1n) is 8.77. The number of nitrogens with two attached hydrogens (primary N) is 1. The van der Waals surface area contributed by atoms with Crippen LogP contribution in [0.15, 0.2) is 55.5 Å². The van der Waals surface area contributed by atoms with Crippen LogP contribution in [-0.4, -0.2) is 44.1 Å². The highest BCUT2D eigenvalue weighted by Gasteiger charge is 2.30. The summed E-state index contributed by atoms with van der Waals surface area (Å²) in [4.78, 5) is 14.6. The Labute approximate surface area is 151 Å².